The molecule has 6 nitrogen and oxygen atoms in total. The fraction of sp³-hybridized carbons (Fsp3) is 0.118. The number of anilines is 1. The van der Waals surface area contributed by atoms with Gasteiger partial charge in [-0.25, -0.2) is 8.42 Å². The van der Waals surface area contributed by atoms with Crippen LogP contribution < -0.4 is 10.1 Å². The first kappa shape index (κ1) is 17.5. The van der Waals surface area contributed by atoms with Crippen molar-refractivity contribution in [2.45, 2.75) is 9.92 Å². The molecule has 0 unspecified atom stereocenters. The maximum absolute atomic E-state index is 12.9. The predicted octanol–water partition coefficient (Wildman–Crippen LogP) is 3.99. The molecule has 25 heavy (non-hydrogen) atoms. The maximum atomic E-state index is 12.9. The molecule has 0 aliphatic heterocycles. The van der Waals surface area contributed by atoms with Crippen molar-refractivity contribution in [3.05, 3.63) is 53.0 Å². The van der Waals surface area contributed by atoms with Crippen LogP contribution in [0.3, 0.4) is 0 Å². The fourth-order valence-electron chi connectivity index (χ4n) is 2.23. The highest BCUT2D eigenvalue weighted by atomic mass is 79.9. The van der Waals surface area contributed by atoms with Gasteiger partial charge in [0.1, 0.15) is 5.75 Å². The Hall–Kier alpha value is -2.32. The highest BCUT2D eigenvalue weighted by Gasteiger charge is 2.28. The van der Waals surface area contributed by atoms with Gasteiger partial charge in [-0.2, -0.15) is 4.98 Å². The molecule has 1 aromatic heterocycles. The van der Waals surface area contributed by atoms with E-state index in [4.69, 9.17) is 9.15 Å². The highest BCUT2D eigenvalue weighted by Crippen LogP contribution is 2.32. The van der Waals surface area contributed by atoms with Gasteiger partial charge < -0.3 is 14.5 Å². The Morgan fingerprint density at radius 3 is 2.28 bits per heavy atom. The van der Waals surface area contributed by atoms with Gasteiger partial charge in [0.05, 0.1) is 12.0 Å². The van der Waals surface area contributed by atoms with E-state index in [1.165, 1.54) is 12.1 Å². The molecule has 3 aromatic rings. The molecule has 0 radical (unpaired) electrons. The van der Waals surface area contributed by atoms with Gasteiger partial charge in [-0.15, -0.1) is 0 Å². The molecule has 0 fully saturated rings. The number of halogens is 1. The summed E-state index contributed by atoms with van der Waals surface area (Å²) in [7, 11) is -0.658. The minimum atomic E-state index is -3.81. The number of methoxy groups -OCH3 is 1. The average molecular weight is 423 g/mol. The molecular formula is C17H15BrN2O4S. The van der Waals surface area contributed by atoms with Crippen LogP contribution in [0.1, 0.15) is 0 Å². The van der Waals surface area contributed by atoms with Gasteiger partial charge >= 0.3 is 0 Å². The number of benzene rings is 2. The molecular weight excluding hydrogens is 408 g/mol. The van der Waals surface area contributed by atoms with Gasteiger partial charge in [0.2, 0.25) is 26.6 Å². The van der Waals surface area contributed by atoms with Crippen LogP contribution in [0.15, 0.2) is 67.3 Å². The van der Waals surface area contributed by atoms with E-state index in [9.17, 15) is 8.42 Å². The minimum absolute atomic E-state index is 0.0914. The van der Waals surface area contributed by atoms with Crippen LogP contribution in [-0.4, -0.2) is 27.6 Å². The van der Waals surface area contributed by atoms with Gasteiger partial charge in [-0.1, -0.05) is 15.9 Å². The molecule has 8 heteroatoms. The van der Waals surface area contributed by atoms with Crippen LogP contribution in [0.25, 0.3) is 11.5 Å². The fourth-order valence-corrected chi connectivity index (χ4v) is 3.80. The molecule has 1 N–H and O–H groups in total. The maximum Gasteiger partial charge on any atom is 0.233 e. The van der Waals surface area contributed by atoms with Crippen molar-refractivity contribution in [3.63, 3.8) is 0 Å². The third kappa shape index (κ3) is 3.40. The molecule has 2 aromatic carbocycles. The number of hydrogen-bond acceptors (Lipinski definition) is 6. The minimum Gasteiger partial charge on any atom is -0.497 e. The Morgan fingerprint density at radius 2 is 1.72 bits per heavy atom. The van der Waals surface area contributed by atoms with Crippen LogP contribution in [0, 0.1) is 0 Å². The van der Waals surface area contributed by atoms with Crippen molar-refractivity contribution in [3.8, 4) is 17.2 Å². The van der Waals surface area contributed by atoms with Gasteiger partial charge in [-0.3, -0.25) is 0 Å². The topological polar surface area (TPSA) is 81.4 Å². The monoisotopic (exact) mass is 422 g/mol. The second kappa shape index (κ2) is 6.89. The number of oxazole rings is 1. The Balaban J connectivity index is 2.07. The Bertz CT molecular complexity index is 980. The quantitative estimate of drug-likeness (QED) is 0.669. The molecule has 0 aliphatic rings. The summed E-state index contributed by atoms with van der Waals surface area (Å²) >= 11 is 3.29. The van der Waals surface area contributed by atoms with Crippen molar-refractivity contribution in [2.24, 2.45) is 0 Å². The Morgan fingerprint density at radius 1 is 1.08 bits per heavy atom. The molecule has 0 atom stereocenters. The van der Waals surface area contributed by atoms with Crippen molar-refractivity contribution >= 4 is 31.7 Å². The Labute approximate surface area is 153 Å². The van der Waals surface area contributed by atoms with Crippen LogP contribution in [-0.2, 0) is 9.84 Å². The summed E-state index contributed by atoms with van der Waals surface area (Å²) in [5, 5.41) is 2.60. The molecule has 0 spiro atoms. The van der Waals surface area contributed by atoms with E-state index in [2.05, 4.69) is 26.2 Å². The number of ether oxygens (including phenoxy) is 1. The number of nitrogens with one attached hydrogen (secondary N) is 1. The zero-order chi connectivity index (χ0) is 18.0. The van der Waals surface area contributed by atoms with E-state index in [0.717, 1.165) is 4.47 Å². The summed E-state index contributed by atoms with van der Waals surface area (Å²) in [5.41, 5.74) is 0.648. The van der Waals surface area contributed by atoms with E-state index in [1.54, 1.807) is 50.6 Å². The molecule has 1 heterocycles. The van der Waals surface area contributed by atoms with Crippen LogP contribution >= 0.6 is 15.9 Å². The SMILES string of the molecule is CNc1oc(-c2ccc(OC)cc2)nc1S(=O)(=O)c1ccc(Br)cc1. The van der Waals surface area contributed by atoms with Crippen molar-refractivity contribution in [1.82, 2.24) is 4.98 Å². The predicted molar refractivity (Wildman–Crippen MR) is 97.6 cm³/mol. The molecule has 0 saturated carbocycles. The lowest BCUT2D eigenvalue weighted by molar-refractivity contribution is 0.415. The summed E-state index contributed by atoms with van der Waals surface area (Å²) in [6.45, 7) is 0. The second-order valence-electron chi connectivity index (χ2n) is 5.09. The largest absolute Gasteiger partial charge is 0.497 e. The lowest BCUT2D eigenvalue weighted by Gasteiger charge is -2.02. The number of rotatable bonds is 5. The van der Waals surface area contributed by atoms with E-state index in [-0.39, 0.29) is 21.7 Å². The molecule has 0 saturated heterocycles. The summed E-state index contributed by atoms with van der Waals surface area (Å²) < 4.78 is 37.3. The molecule has 0 bridgehead atoms. The first-order valence-corrected chi connectivity index (χ1v) is 9.57. The zero-order valence-corrected chi connectivity index (χ0v) is 15.9. The highest BCUT2D eigenvalue weighted by molar-refractivity contribution is 9.10. The van der Waals surface area contributed by atoms with E-state index in [0.29, 0.717) is 11.3 Å². The van der Waals surface area contributed by atoms with Gasteiger partial charge in [0.25, 0.3) is 0 Å². The second-order valence-corrected chi connectivity index (χ2v) is 7.87. The van der Waals surface area contributed by atoms with E-state index in [1.807, 2.05) is 0 Å². The molecule has 130 valence electrons. The number of nitrogens with zero attached hydrogens (tertiary/aromatic N) is 1. The lowest BCUT2D eigenvalue weighted by atomic mass is 10.2. The van der Waals surface area contributed by atoms with Crippen LogP contribution in [0.2, 0.25) is 0 Å². The van der Waals surface area contributed by atoms with Crippen LogP contribution in [0.5, 0.6) is 5.75 Å². The summed E-state index contributed by atoms with van der Waals surface area (Å²) in [4.78, 5) is 4.35. The van der Waals surface area contributed by atoms with Gasteiger partial charge in [-0.05, 0) is 48.5 Å². The van der Waals surface area contributed by atoms with Crippen molar-refractivity contribution in [2.75, 3.05) is 19.5 Å². The smallest absolute Gasteiger partial charge is 0.233 e. The average Bonchev–Trinajstić information content (AvgIpc) is 3.07. The van der Waals surface area contributed by atoms with Crippen molar-refractivity contribution < 1.29 is 17.6 Å². The third-order valence-electron chi connectivity index (χ3n) is 3.54. The van der Waals surface area contributed by atoms with Gasteiger partial charge in [0, 0.05) is 17.1 Å². The lowest BCUT2D eigenvalue weighted by Crippen LogP contribution is -2.05. The molecule has 3 rings (SSSR count). The van der Waals surface area contributed by atoms with Crippen LogP contribution in [0.4, 0.5) is 5.88 Å². The molecule has 0 amide bonds. The third-order valence-corrected chi connectivity index (χ3v) is 5.75. The number of hydrogen-bond donors (Lipinski definition) is 1. The molecule has 0 aliphatic carbocycles. The first-order chi connectivity index (χ1) is 12.0. The Kier molecular flexibility index (Phi) is 4.82. The summed E-state index contributed by atoms with van der Waals surface area (Å²) in [6, 6.07) is 13.4. The normalized spacial score (nSPS) is 11.3. The zero-order valence-electron chi connectivity index (χ0n) is 13.5. The van der Waals surface area contributed by atoms with E-state index < -0.39 is 9.84 Å². The van der Waals surface area contributed by atoms with E-state index >= 15 is 0 Å². The number of sulfone groups is 1. The number of aromatic nitrogens is 1. The summed E-state index contributed by atoms with van der Waals surface area (Å²) in [5.74, 6) is 0.989. The first-order valence-electron chi connectivity index (χ1n) is 7.29. The van der Waals surface area contributed by atoms with Gasteiger partial charge in [0.15, 0.2) is 0 Å². The van der Waals surface area contributed by atoms with Crippen molar-refractivity contribution in [1.29, 1.82) is 0 Å². The standard InChI is InChI=1S/C17H15BrN2O4S/c1-19-16-17(25(21,22)14-9-5-12(18)6-10-14)20-15(24-16)11-3-7-13(23-2)8-4-11/h3-10,19H,1-2H3. The summed E-state index contributed by atoms with van der Waals surface area (Å²) in [6.07, 6.45) is 0.